The number of rotatable bonds is 13. The lowest BCUT2D eigenvalue weighted by Gasteiger charge is -2.32. The monoisotopic (exact) mass is 694 g/mol. The Labute approximate surface area is 288 Å². The lowest BCUT2D eigenvalue weighted by molar-refractivity contribution is -0.117. The zero-order valence-electron chi connectivity index (χ0n) is 29.5. The van der Waals surface area contributed by atoms with Gasteiger partial charge in [0.2, 0.25) is 11.6 Å². The quantitative estimate of drug-likeness (QED) is 0.273. The van der Waals surface area contributed by atoms with Gasteiger partial charge in [-0.3, -0.25) is 19.2 Å². The third-order valence-electron chi connectivity index (χ3n) is 8.49. The molecular formula is C36H38O14. The third kappa shape index (κ3) is 5.94. The maximum absolute atomic E-state index is 14.3. The first-order valence-corrected chi connectivity index (χ1v) is 15.2. The van der Waals surface area contributed by atoms with Crippen molar-refractivity contribution in [2.75, 3.05) is 56.9 Å². The van der Waals surface area contributed by atoms with Gasteiger partial charge in [0.05, 0.1) is 68.0 Å². The smallest absolute Gasteiger partial charge is 0.345 e. The number of carbonyl (C=O) groups is 6. The predicted molar refractivity (Wildman–Crippen MR) is 175 cm³/mol. The highest BCUT2D eigenvalue weighted by Gasteiger charge is 2.44. The molecule has 0 spiro atoms. The van der Waals surface area contributed by atoms with E-state index in [-0.39, 0.29) is 116 Å². The van der Waals surface area contributed by atoms with Gasteiger partial charge < -0.3 is 37.9 Å². The molecule has 4 rings (SSSR count). The molecule has 0 saturated carbocycles. The van der Waals surface area contributed by atoms with Crippen molar-refractivity contribution in [2.24, 2.45) is 0 Å². The summed E-state index contributed by atoms with van der Waals surface area (Å²) in [4.78, 5) is 80.6. The van der Waals surface area contributed by atoms with Gasteiger partial charge in [-0.25, -0.2) is 9.59 Å². The molecule has 14 heteroatoms. The highest BCUT2D eigenvalue weighted by molar-refractivity contribution is 6.20. The first-order valence-electron chi connectivity index (χ1n) is 15.2. The van der Waals surface area contributed by atoms with Crippen molar-refractivity contribution < 1.29 is 66.7 Å². The topological polar surface area (TPSA) is 176 Å². The molecule has 0 radical (unpaired) electrons. The van der Waals surface area contributed by atoms with Crippen LogP contribution in [0.5, 0.6) is 23.0 Å². The van der Waals surface area contributed by atoms with Crippen LogP contribution in [-0.4, -0.2) is 91.9 Å². The molecule has 0 heterocycles. The largest absolute Gasteiger partial charge is 0.495 e. The van der Waals surface area contributed by atoms with Crippen LogP contribution in [0.3, 0.4) is 0 Å². The summed E-state index contributed by atoms with van der Waals surface area (Å²) in [6.45, 7) is 2.71. The van der Waals surface area contributed by atoms with Crippen molar-refractivity contribution in [3.8, 4) is 34.1 Å². The molecule has 14 nitrogen and oxygen atoms in total. The molecule has 2 aromatic carbocycles. The Morgan fingerprint density at radius 3 is 1.02 bits per heavy atom. The summed E-state index contributed by atoms with van der Waals surface area (Å²) < 4.78 is 44.4. The number of ketones is 4. The van der Waals surface area contributed by atoms with Crippen LogP contribution in [-0.2, 0) is 41.4 Å². The van der Waals surface area contributed by atoms with E-state index in [4.69, 9.17) is 37.9 Å². The summed E-state index contributed by atoms with van der Waals surface area (Å²) in [7, 11) is 9.87. The maximum Gasteiger partial charge on any atom is 0.345 e. The van der Waals surface area contributed by atoms with Gasteiger partial charge in [-0.15, -0.1) is 0 Å². The number of fused-ring (bicyclic) bond motifs is 2. The van der Waals surface area contributed by atoms with Gasteiger partial charge in [-0.05, 0) is 49.0 Å². The minimum atomic E-state index is -0.947. The lowest BCUT2D eigenvalue weighted by atomic mass is 9.75. The van der Waals surface area contributed by atoms with Crippen molar-refractivity contribution >= 4 is 35.1 Å². The Morgan fingerprint density at radius 1 is 0.480 bits per heavy atom. The molecule has 0 fully saturated rings. The van der Waals surface area contributed by atoms with E-state index in [1.54, 1.807) is 0 Å². The van der Waals surface area contributed by atoms with Gasteiger partial charge in [0, 0.05) is 24.0 Å². The van der Waals surface area contributed by atoms with Gasteiger partial charge in [-0.1, -0.05) is 0 Å². The number of Topliss-reactive ketones (excluding diaryl/α,β-unsaturated/α-hetero) is 4. The molecule has 0 atom stereocenters. The molecule has 50 heavy (non-hydrogen) atoms. The molecular weight excluding hydrogens is 656 g/mol. The fourth-order valence-corrected chi connectivity index (χ4v) is 6.75. The Balaban J connectivity index is 2.40. The van der Waals surface area contributed by atoms with Gasteiger partial charge in [0.1, 0.15) is 45.7 Å². The minimum absolute atomic E-state index is 0.0463. The number of hydrogen-bond donors (Lipinski definition) is 0. The molecule has 2 aromatic rings. The van der Waals surface area contributed by atoms with Crippen LogP contribution in [0.15, 0.2) is 22.7 Å². The van der Waals surface area contributed by atoms with E-state index >= 15 is 0 Å². The number of hydrogen-bond acceptors (Lipinski definition) is 14. The van der Waals surface area contributed by atoms with Crippen LogP contribution >= 0.6 is 0 Å². The van der Waals surface area contributed by atoms with Crippen LogP contribution in [0.4, 0.5) is 0 Å². The molecule has 0 aliphatic heterocycles. The molecule has 0 aromatic heterocycles. The summed E-state index contributed by atoms with van der Waals surface area (Å²) >= 11 is 0. The van der Waals surface area contributed by atoms with Crippen LogP contribution in [0.25, 0.3) is 11.1 Å². The van der Waals surface area contributed by atoms with Crippen molar-refractivity contribution in [3.05, 3.63) is 56.0 Å². The third-order valence-corrected chi connectivity index (χ3v) is 8.49. The molecule has 0 saturated heterocycles. The zero-order chi connectivity index (χ0) is 37.2. The molecule has 2 aliphatic carbocycles. The zero-order valence-corrected chi connectivity index (χ0v) is 29.5. The van der Waals surface area contributed by atoms with Crippen LogP contribution in [0, 0.1) is 0 Å². The van der Waals surface area contributed by atoms with Crippen molar-refractivity contribution in [1.29, 1.82) is 0 Å². The number of esters is 2. The summed E-state index contributed by atoms with van der Waals surface area (Å²) in [6.07, 6.45) is -0.524. The van der Waals surface area contributed by atoms with E-state index in [0.29, 0.717) is 11.1 Å². The molecule has 0 N–H and O–H groups in total. The van der Waals surface area contributed by atoms with E-state index in [2.05, 4.69) is 0 Å². The molecule has 266 valence electrons. The Morgan fingerprint density at radius 2 is 0.780 bits per heavy atom. The highest BCUT2D eigenvalue weighted by atomic mass is 16.5. The SMILES string of the molecule is COC(=O)c1c(OC)c2c(c(-c3c4c(c(OC)c(C(=O)OC)c3OC)C(=O)C(OC)=C(CC(C)=O)C4)c1OC)CC(CC(C)=O)=C(OC)C2=O. The minimum Gasteiger partial charge on any atom is -0.495 e. The normalized spacial score (nSPS) is 13.6. The second-order valence-electron chi connectivity index (χ2n) is 11.4. The average molecular weight is 695 g/mol. The predicted octanol–water partition coefficient (Wildman–Crippen LogP) is 4.20. The standard InChI is InChI=1S/C36H38O14/c1-15(37)11-17-13-19-21(31(45-5)25(35(41)49-9)33(47-7)23(19)27(39)29(17)43-3)22-20-14-18(12-16(2)38)30(44-4)28(40)24(20)34(48-8)26(32(22)46-6)36(42)50-10/h11-14H2,1-10H3. The Hall–Kier alpha value is -5.66. The van der Waals surface area contributed by atoms with Crippen molar-refractivity contribution in [2.45, 2.75) is 39.5 Å². The summed E-state index contributed by atoms with van der Waals surface area (Å²) in [6, 6.07) is 0. The van der Waals surface area contributed by atoms with Gasteiger partial charge in [0.15, 0.2) is 11.5 Å². The van der Waals surface area contributed by atoms with Gasteiger partial charge >= 0.3 is 11.9 Å². The lowest BCUT2D eigenvalue weighted by Crippen LogP contribution is -2.25. The molecule has 2 aliphatic rings. The van der Waals surface area contributed by atoms with Crippen LogP contribution in [0.2, 0.25) is 0 Å². The number of carbonyl (C=O) groups excluding carboxylic acids is 6. The molecule has 0 bridgehead atoms. The number of allylic oxidation sites excluding steroid dienone is 4. The fraction of sp³-hybridized carbons (Fsp3) is 0.389. The van der Waals surface area contributed by atoms with Crippen molar-refractivity contribution in [1.82, 2.24) is 0 Å². The maximum atomic E-state index is 14.3. The first-order chi connectivity index (χ1) is 23.8. The average Bonchev–Trinajstić information content (AvgIpc) is 3.08. The van der Waals surface area contributed by atoms with E-state index in [0.717, 1.165) is 14.2 Å². The van der Waals surface area contributed by atoms with E-state index in [1.165, 1.54) is 56.5 Å². The molecule has 0 amide bonds. The highest BCUT2D eigenvalue weighted by Crippen LogP contribution is 2.55. The van der Waals surface area contributed by atoms with E-state index in [9.17, 15) is 28.8 Å². The second kappa shape index (κ2) is 14.8. The summed E-state index contributed by atoms with van der Waals surface area (Å²) in [5.74, 6) is -4.79. The Kier molecular flexibility index (Phi) is 11.0. The summed E-state index contributed by atoms with van der Waals surface area (Å²) in [5, 5.41) is 0. The van der Waals surface area contributed by atoms with E-state index < -0.39 is 23.5 Å². The summed E-state index contributed by atoms with van der Waals surface area (Å²) in [5.41, 5.74) is 0.322. The van der Waals surface area contributed by atoms with Gasteiger partial charge in [0.25, 0.3) is 0 Å². The fourth-order valence-electron chi connectivity index (χ4n) is 6.75. The first kappa shape index (κ1) is 37.2. The van der Waals surface area contributed by atoms with E-state index in [1.807, 2.05) is 0 Å². The van der Waals surface area contributed by atoms with Crippen LogP contribution < -0.4 is 18.9 Å². The van der Waals surface area contributed by atoms with Gasteiger partial charge in [-0.2, -0.15) is 0 Å². The molecule has 0 unspecified atom stereocenters. The number of benzene rings is 2. The van der Waals surface area contributed by atoms with Crippen molar-refractivity contribution in [3.63, 3.8) is 0 Å². The number of ether oxygens (including phenoxy) is 8. The number of methoxy groups -OCH3 is 8. The van der Waals surface area contributed by atoms with Crippen LogP contribution in [0.1, 0.15) is 79.2 Å². The second-order valence-corrected chi connectivity index (χ2v) is 11.4. The Bertz CT molecular complexity index is 1770.